The fraction of sp³-hybridized carbons (Fsp3) is 0.267. The van der Waals surface area contributed by atoms with E-state index in [1.54, 1.807) is 13.3 Å². The molecule has 0 atom stereocenters. The summed E-state index contributed by atoms with van der Waals surface area (Å²) in [6.07, 6.45) is 4.43. The lowest BCUT2D eigenvalue weighted by molar-refractivity contribution is 0.295. The minimum Gasteiger partial charge on any atom is -0.493 e. The highest BCUT2D eigenvalue weighted by Gasteiger charge is 2.11. The Morgan fingerprint density at radius 1 is 1.25 bits per heavy atom. The zero-order chi connectivity index (χ0) is 14.4. The van der Waals surface area contributed by atoms with Gasteiger partial charge >= 0.3 is 0 Å². The Morgan fingerprint density at radius 3 is 2.75 bits per heavy atom. The van der Waals surface area contributed by atoms with Crippen molar-refractivity contribution < 1.29 is 9.47 Å². The van der Waals surface area contributed by atoms with Crippen molar-refractivity contribution in [3.63, 3.8) is 0 Å². The summed E-state index contributed by atoms with van der Waals surface area (Å²) >= 11 is 6.97. The molecular formula is C15H15Br2NO2. The third-order valence-electron chi connectivity index (χ3n) is 2.80. The van der Waals surface area contributed by atoms with E-state index in [0.717, 1.165) is 38.8 Å². The van der Waals surface area contributed by atoms with Crippen LogP contribution in [0.1, 0.15) is 11.1 Å². The summed E-state index contributed by atoms with van der Waals surface area (Å²) in [4.78, 5) is 4.09. The zero-order valence-electron chi connectivity index (χ0n) is 11.1. The summed E-state index contributed by atoms with van der Waals surface area (Å²) in [6.45, 7) is 0.578. The number of benzene rings is 1. The molecule has 0 saturated carbocycles. The van der Waals surface area contributed by atoms with Gasteiger partial charge in [-0.25, -0.2) is 0 Å². The van der Waals surface area contributed by atoms with Crippen LogP contribution in [-0.4, -0.2) is 18.7 Å². The molecular weight excluding hydrogens is 386 g/mol. The molecule has 0 aliphatic rings. The summed E-state index contributed by atoms with van der Waals surface area (Å²) in [5, 5.41) is 0.776. The van der Waals surface area contributed by atoms with E-state index in [1.807, 2.05) is 30.5 Å². The highest BCUT2D eigenvalue weighted by molar-refractivity contribution is 9.10. The van der Waals surface area contributed by atoms with E-state index in [4.69, 9.17) is 9.47 Å². The average Bonchev–Trinajstić information content (AvgIpc) is 2.49. The molecule has 2 aromatic rings. The lowest BCUT2D eigenvalue weighted by Gasteiger charge is -2.13. The van der Waals surface area contributed by atoms with Gasteiger partial charge in [0.1, 0.15) is 0 Å². The number of nitrogens with zero attached hydrogens (tertiary/aromatic N) is 1. The van der Waals surface area contributed by atoms with Crippen molar-refractivity contribution in [2.75, 3.05) is 13.7 Å². The van der Waals surface area contributed by atoms with Crippen LogP contribution in [0.2, 0.25) is 0 Å². The zero-order valence-corrected chi connectivity index (χ0v) is 14.3. The molecule has 1 heterocycles. The summed E-state index contributed by atoms with van der Waals surface area (Å²) in [6, 6.07) is 7.96. The van der Waals surface area contributed by atoms with Gasteiger partial charge in [-0.3, -0.25) is 4.98 Å². The van der Waals surface area contributed by atoms with Gasteiger partial charge in [0.2, 0.25) is 0 Å². The molecule has 0 N–H and O–H groups in total. The largest absolute Gasteiger partial charge is 0.493 e. The van der Waals surface area contributed by atoms with Crippen LogP contribution >= 0.6 is 31.9 Å². The molecule has 3 nitrogen and oxygen atoms in total. The second-order valence-electron chi connectivity index (χ2n) is 4.20. The van der Waals surface area contributed by atoms with Crippen LogP contribution in [0.5, 0.6) is 11.5 Å². The van der Waals surface area contributed by atoms with E-state index in [-0.39, 0.29) is 0 Å². The van der Waals surface area contributed by atoms with Crippen LogP contribution in [0.4, 0.5) is 0 Å². The van der Waals surface area contributed by atoms with E-state index in [9.17, 15) is 0 Å². The van der Waals surface area contributed by atoms with Crippen LogP contribution in [0.3, 0.4) is 0 Å². The molecule has 1 aromatic heterocycles. The van der Waals surface area contributed by atoms with Crippen molar-refractivity contribution in [1.82, 2.24) is 4.98 Å². The van der Waals surface area contributed by atoms with E-state index >= 15 is 0 Å². The summed E-state index contributed by atoms with van der Waals surface area (Å²) < 4.78 is 12.1. The highest BCUT2D eigenvalue weighted by atomic mass is 79.9. The Balaban J connectivity index is 2.05. The van der Waals surface area contributed by atoms with Gasteiger partial charge in [0.15, 0.2) is 11.5 Å². The number of rotatable bonds is 6. The van der Waals surface area contributed by atoms with Gasteiger partial charge in [0.05, 0.1) is 18.2 Å². The normalized spacial score (nSPS) is 10.3. The average molecular weight is 401 g/mol. The molecule has 106 valence electrons. The Morgan fingerprint density at radius 2 is 2.10 bits per heavy atom. The van der Waals surface area contributed by atoms with E-state index < -0.39 is 0 Å². The number of aromatic nitrogens is 1. The van der Waals surface area contributed by atoms with E-state index in [2.05, 4.69) is 36.8 Å². The van der Waals surface area contributed by atoms with Crippen LogP contribution < -0.4 is 9.47 Å². The first-order chi connectivity index (χ1) is 9.74. The Bertz CT molecular complexity index is 561. The fourth-order valence-electron chi connectivity index (χ4n) is 1.81. The number of methoxy groups -OCH3 is 1. The molecule has 0 amide bonds. The molecule has 20 heavy (non-hydrogen) atoms. The fourth-order valence-corrected chi connectivity index (χ4v) is 2.74. The summed E-state index contributed by atoms with van der Waals surface area (Å²) in [7, 11) is 1.65. The maximum atomic E-state index is 5.85. The third-order valence-corrected chi connectivity index (χ3v) is 4.04. The quantitative estimate of drug-likeness (QED) is 0.674. The van der Waals surface area contributed by atoms with Crippen molar-refractivity contribution in [3.05, 3.63) is 52.3 Å². The van der Waals surface area contributed by atoms with Gasteiger partial charge < -0.3 is 9.47 Å². The SMILES string of the molecule is COc1cc(CBr)cc(Br)c1OCCc1cccnc1. The molecule has 5 heteroatoms. The van der Waals surface area contributed by atoms with E-state index in [1.165, 1.54) is 0 Å². The van der Waals surface area contributed by atoms with Gasteiger partial charge in [-0.05, 0) is 45.3 Å². The van der Waals surface area contributed by atoms with Crippen LogP contribution in [0.15, 0.2) is 41.1 Å². The molecule has 0 unspecified atom stereocenters. The van der Waals surface area contributed by atoms with Gasteiger partial charge in [-0.15, -0.1) is 0 Å². The molecule has 0 saturated heterocycles. The van der Waals surface area contributed by atoms with Crippen molar-refractivity contribution in [2.24, 2.45) is 0 Å². The topological polar surface area (TPSA) is 31.4 Å². The predicted octanol–water partition coefficient (Wildman–Crippen LogP) is 4.37. The van der Waals surface area contributed by atoms with E-state index in [0.29, 0.717) is 6.61 Å². The number of pyridine rings is 1. The summed E-state index contributed by atoms with van der Waals surface area (Å²) in [5.41, 5.74) is 2.29. The number of ether oxygens (including phenoxy) is 2. The molecule has 1 aromatic carbocycles. The van der Waals surface area contributed by atoms with Crippen LogP contribution in [0.25, 0.3) is 0 Å². The van der Waals surface area contributed by atoms with Gasteiger partial charge in [0.25, 0.3) is 0 Å². The van der Waals surface area contributed by atoms with Crippen LogP contribution in [-0.2, 0) is 11.8 Å². The molecule has 0 bridgehead atoms. The molecule has 0 fully saturated rings. The number of halogens is 2. The second kappa shape index (κ2) is 7.64. The third kappa shape index (κ3) is 3.96. The number of hydrogen-bond acceptors (Lipinski definition) is 3. The first-order valence-electron chi connectivity index (χ1n) is 6.18. The Hall–Kier alpha value is -1.07. The van der Waals surface area contributed by atoms with Crippen molar-refractivity contribution >= 4 is 31.9 Å². The standard InChI is InChI=1S/C15H15Br2NO2/c1-19-14-8-12(9-16)7-13(17)15(14)20-6-4-11-3-2-5-18-10-11/h2-3,5,7-8,10H,4,6,9H2,1H3. The molecule has 2 rings (SSSR count). The first kappa shape index (κ1) is 15.3. The monoisotopic (exact) mass is 399 g/mol. The Kier molecular flexibility index (Phi) is 5.86. The smallest absolute Gasteiger partial charge is 0.175 e. The second-order valence-corrected chi connectivity index (χ2v) is 5.62. The summed E-state index contributed by atoms with van der Waals surface area (Å²) in [5.74, 6) is 1.47. The minimum absolute atomic E-state index is 0.578. The molecule has 0 aliphatic heterocycles. The van der Waals surface area contributed by atoms with Crippen molar-refractivity contribution in [3.8, 4) is 11.5 Å². The maximum Gasteiger partial charge on any atom is 0.175 e. The lowest BCUT2D eigenvalue weighted by Crippen LogP contribution is -2.04. The minimum atomic E-state index is 0.578. The Labute approximate surface area is 135 Å². The number of alkyl halides is 1. The predicted molar refractivity (Wildman–Crippen MR) is 86.8 cm³/mol. The van der Waals surface area contributed by atoms with Crippen molar-refractivity contribution in [2.45, 2.75) is 11.8 Å². The van der Waals surface area contributed by atoms with Gasteiger partial charge in [0, 0.05) is 24.1 Å². The maximum absolute atomic E-state index is 5.85. The lowest BCUT2D eigenvalue weighted by atomic mass is 10.2. The molecule has 0 radical (unpaired) electrons. The molecule has 0 aliphatic carbocycles. The van der Waals surface area contributed by atoms with Crippen molar-refractivity contribution in [1.29, 1.82) is 0 Å². The first-order valence-corrected chi connectivity index (χ1v) is 8.10. The van der Waals surface area contributed by atoms with Gasteiger partial charge in [-0.2, -0.15) is 0 Å². The molecule has 0 spiro atoms. The highest BCUT2D eigenvalue weighted by Crippen LogP contribution is 2.37. The number of hydrogen-bond donors (Lipinski definition) is 0. The van der Waals surface area contributed by atoms with Crippen LogP contribution in [0, 0.1) is 0 Å². The van der Waals surface area contributed by atoms with Gasteiger partial charge in [-0.1, -0.05) is 22.0 Å².